The number of amidine groups is 1. The quantitative estimate of drug-likeness (QED) is 0.582. The summed E-state index contributed by atoms with van der Waals surface area (Å²) in [7, 11) is 0. The highest BCUT2D eigenvalue weighted by molar-refractivity contribution is 6.04. The molecule has 1 aliphatic heterocycles. The molecular weight excluding hydrogens is 415 g/mol. The van der Waals surface area contributed by atoms with Crippen molar-refractivity contribution in [2.75, 3.05) is 6.61 Å². The molecule has 2 aromatic heterocycles. The summed E-state index contributed by atoms with van der Waals surface area (Å²) >= 11 is 0. The fourth-order valence-electron chi connectivity index (χ4n) is 2.83. The molecule has 0 aliphatic carbocycles. The highest BCUT2D eigenvalue weighted by Crippen LogP contribution is 2.32. The molecule has 0 spiro atoms. The van der Waals surface area contributed by atoms with Crippen molar-refractivity contribution in [2.24, 2.45) is 4.99 Å². The van der Waals surface area contributed by atoms with Gasteiger partial charge in [0.05, 0.1) is 6.07 Å². The van der Waals surface area contributed by atoms with E-state index in [0.29, 0.717) is 5.56 Å². The second kappa shape index (κ2) is 8.35. The van der Waals surface area contributed by atoms with E-state index < -0.39 is 23.6 Å². The van der Waals surface area contributed by atoms with Crippen LogP contribution in [0.5, 0.6) is 5.88 Å². The van der Waals surface area contributed by atoms with Gasteiger partial charge in [-0.15, -0.1) is 0 Å². The van der Waals surface area contributed by atoms with Crippen LogP contribution in [-0.4, -0.2) is 27.2 Å². The Balaban J connectivity index is 1.50. The maximum Gasteiger partial charge on any atom is 0.301 e. The van der Waals surface area contributed by atoms with Gasteiger partial charge in [-0.25, -0.2) is 23.5 Å². The molecule has 1 aliphatic rings. The van der Waals surface area contributed by atoms with Gasteiger partial charge in [-0.1, -0.05) is 17.9 Å². The minimum absolute atomic E-state index is 0.0179. The molecule has 0 atom stereocenters. The normalized spacial score (nSPS) is 12.1. The summed E-state index contributed by atoms with van der Waals surface area (Å²) in [5, 5.41) is 7.75. The zero-order valence-electron chi connectivity index (χ0n) is 16.0. The molecule has 4 rings (SSSR count). The first-order chi connectivity index (χ1) is 15.0. The average Bonchev–Trinajstić information content (AvgIpc) is 3.39. The first kappa shape index (κ1) is 20.2. The van der Waals surface area contributed by atoms with Crippen molar-refractivity contribution < 1.29 is 22.4 Å². The zero-order chi connectivity index (χ0) is 22.0. The molecule has 0 unspecified atom stereocenters. The molecule has 0 N–H and O–H groups in total. The van der Waals surface area contributed by atoms with Gasteiger partial charge in [-0.3, -0.25) is 4.79 Å². The summed E-state index contributed by atoms with van der Waals surface area (Å²) in [5.41, 5.74) is -0.561. The Hall–Kier alpha value is -4.07. The first-order valence-electron chi connectivity index (χ1n) is 9.04. The number of rotatable bonds is 5. The van der Waals surface area contributed by atoms with Crippen molar-refractivity contribution in [1.29, 1.82) is 0 Å². The monoisotopic (exact) mass is 428 g/mol. The van der Waals surface area contributed by atoms with E-state index >= 15 is 0 Å². The number of nitrogens with zero attached hydrogens (tertiary/aromatic N) is 5. The van der Waals surface area contributed by atoms with Gasteiger partial charge < -0.3 is 13.8 Å². The predicted octanol–water partition coefficient (Wildman–Crippen LogP) is 3.09. The molecule has 8 nitrogen and oxygen atoms in total. The topological polar surface area (TPSA) is 96.6 Å². The van der Waals surface area contributed by atoms with Crippen LogP contribution in [0, 0.1) is 17.7 Å². The van der Waals surface area contributed by atoms with Crippen LogP contribution < -0.4 is 15.6 Å². The van der Waals surface area contributed by atoms with Crippen LogP contribution in [0.15, 0.2) is 44.6 Å². The van der Waals surface area contributed by atoms with Gasteiger partial charge in [0.15, 0.2) is 23.9 Å². The van der Waals surface area contributed by atoms with Crippen molar-refractivity contribution >= 4 is 17.3 Å². The summed E-state index contributed by atoms with van der Waals surface area (Å²) in [6, 6.07) is 7.18. The van der Waals surface area contributed by atoms with E-state index in [-0.39, 0.29) is 42.1 Å². The smallest absolute Gasteiger partial charge is 0.301 e. The maximum absolute atomic E-state index is 13.2. The lowest BCUT2D eigenvalue weighted by atomic mass is 10.2. The number of aromatic nitrogens is 3. The number of hydrogen-bond donors (Lipinski definition) is 0. The number of halogens is 3. The van der Waals surface area contributed by atoms with E-state index in [0.717, 1.165) is 4.57 Å². The third-order valence-electron chi connectivity index (χ3n) is 4.16. The lowest BCUT2D eigenvalue weighted by Crippen LogP contribution is -2.20. The number of aliphatic imine (C=N–C) groups is 1. The molecule has 0 amide bonds. The fourth-order valence-corrected chi connectivity index (χ4v) is 2.83. The van der Waals surface area contributed by atoms with E-state index in [2.05, 4.69) is 32.3 Å². The van der Waals surface area contributed by atoms with Crippen molar-refractivity contribution in [3.8, 4) is 17.7 Å². The van der Waals surface area contributed by atoms with Crippen molar-refractivity contribution in [1.82, 2.24) is 20.0 Å². The molecule has 0 saturated carbocycles. The standard InChI is InChI=1S/C20H13F3N5O3/c1-2-28-18-15(20(29)26-19(28)16(22)23)24-17(25-18)13-10-14(27-31-13)30-8-4-6-11-5-3-7-12(21)9-11/h3,5,7,9-10,16H,2,8H2,1H3. The molecule has 0 bridgehead atoms. The van der Waals surface area contributed by atoms with Crippen molar-refractivity contribution in [3.05, 3.63) is 63.7 Å². The number of benzene rings is 1. The lowest BCUT2D eigenvalue weighted by molar-refractivity contribution is 0.134. The van der Waals surface area contributed by atoms with Crippen molar-refractivity contribution in [2.45, 2.75) is 19.9 Å². The molecule has 0 fully saturated rings. The van der Waals surface area contributed by atoms with Crippen LogP contribution in [-0.2, 0) is 6.54 Å². The van der Waals surface area contributed by atoms with Crippen LogP contribution >= 0.6 is 0 Å². The van der Waals surface area contributed by atoms with E-state index in [4.69, 9.17) is 9.26 Å². The molecule has 1 radical (unpaired) electrons. The molecular formula is C20H13F3N5O3. The largest absolute Gasteiger partial charge is 0.462 e. The summed E-state index contributed by atoms with van der Waals surface area (Å²) in [5.74, 6) is 4.50. The maximum atomic E-state index is 13.2. The number of ether oxygens (including phenoxy) is 1. The number of hydrogen-bond acceptors (Lipinski definition) is 6. The first-order valence-corrected chi connectivity index (χ1v) is 9.04. The second-order valence-electron chi connectivity index (χ2n) is 6.17. The van der Waals surface area contributed by atoms with Gasteiger partial charge in [0.1, 0.15) is 5.82 Å². The molecule has 31 heavy (non-hydrogen) atoms. The second-order valence-corrected chi connectivity index (χ2v) is 6.17. The Morgan fingerprint density at radius 3 is 2.87 bits per heavy atom. The fraction of sp³-hybridized carbons (Fsp3) is 0.200. The average molecular weight is 428 g/mol. The van der Waals surface area contributed by atoms with E-state index in [1.54, 1.807) is 19.1 Å². The Labute approximate surface area is 173 Å². The number of alkyl halides is 2. The molecule has 1 aromatic carbocycles. The van der Waals surface area contributed by atoms with Crippen LogP contribution in [0.25, 0.3) is 0 Å². The predicted molar refractivity (Wildman–Crippen MR) is 102 cm³/mol. The Kier molecular flexibility index (Phi) is 5.44. The minimum atomic E-state index is -2.93. The Bertz CT molecular complexity index is 1290. The van der Waals surface area contributed by atoms with Gasteiger partial charge in [0.25, 0.3) is 12.3 Å². The SMILES string of the molecule is CCn1c(C(F)F)nc(=O)c2c1N=C(c1cc(OCC#Cc3cccc(F)c3)no1)[N]2. The molecule has 3 heterocycles. The summed E-state index contributed by atoms with van der Waals surface area (Å²) < 4.78 is 51.1. The molecule has 157 valence electrons. The van der Waals surface area contributed by atoms with Gasteiger partial charge in [0, 0.05) is 12.1 Å². The Morgan fingerprint density at radius 2 is 2.13 bits per heavy atom. The third-order valence-corrected chi connectivity index (χ3v) is 4.16. The van der Waals surface area contributed by atoms with E-state index in [1.807, 2.05) is 0 Å². The zero-order valence-corrected chi connectivity index (χ0v) is 16.0. The Morgan fingerprint density at radius 1 is 1.29 bits per heavy atom. The van der Waals surface area contributed by atoms with Crippen LogP contribution in [0.3, 0.4) is 0 Å². The molecule has 3 aromatic rings. The van der Waals surface area contributed by atoms with Gasteiger partial charge in [0.2, 0.25) is 11.6 Å². The third kappa shape index (κ3) is 4.13. The summed E-state index contributed by atoms with van der Waals surface area (Å²) in [6.07, 6.45) is -2.93. The van der Waals surface area contributed by atoms with Crippen molar-refractivity contribution in [3.63, 3.8) is 0 Å². The minimum Gasteiger partial charge on any atom is -0.462 e. The highest BCUT2D eigenvalue weighted by atomic mass is 19.3. The molecule has 11 heteroatoms. The van der Waals surface area contributed by atoms with E-state index in [1.165, 1.54) is 18.2 Å². The van der Waals surface area contributed by atoms with Crippen LogP contribution in [0.2, 0.25) is 0 Å². The highest BCUT2D eigenvalue weighted by Gasteiger charge is 2.30. The molecule has 0 saturated heterocycles. The van der Waals surface area contributed by atoms with Gasteiger partial charge in [-0.2, -0.15) is 4.98 Å². The summed E-state index contributed by atoms with van der Waals surface area (Å²) in [4.78, 5) is 19.6. The van der Waals surface area contributed by atoms with Gasteiger partial charge in [-0.05, 0) is 30.3 Å². The van der Waals surface area contributed by atoms with Gasteiger partial charge >= 0.3 is 5.56 Å². The number of fused-ring (bicyclic) bond motifs is 1. The lowest BCUT2D eigenvalue weighted by Gasteiger charge is -2.11. The van der Waals surface area contributed by atoms with Crippen LogP contribution in [0.4, 0.5) is 24.7 Å². The van der Waals surface area contributed by atoms with Crippen LogP contribution in [0.1, 0.15) is 30.5 Å². The van der Waals surface area contributed by atoms with E-state index in [9.17, 15) is 18.0 Å². The summed E-state index contributed by atoms with van der Waals surface area (Å²) in [6.45, 7) is 1.70.